The number of nitrogens with zero attached hydrogens (tertiary/aromatic N) is 3. The number of aromatic nitrogens is 1. The number of allylic oxidation sites excluding steroid dienone is 5. The quantitative estimate of drug-likeness (QED) is 0.147. The zero-order chi connectivity index (χ0) is 34.5. The van der Waals surface area contributed by atoms with Crippen molar-refractivity contribution in [1.82, 2.24) is 14.8 Å². The van der Waals surface area contributed by atoms with E-state index >= 15 is 0 Å². The number of rotatable bonds is 7. The molecule has 3 heterocycles. The summed E-state index contributed by atoms with van der Waals surface area (Å²) in [5.41, 5.74) is 0.369. The lowest BCUT2D eigenvalue weighted by Gasteiger charge is -2.40. The van der Waals surface area contributed by atoms with Crippen molar-refractivity contribution >= 4 is 12.1 Å². The summed E-state index contributed by atoms with van der Waals surface area (Å²) in [4.78, 5) is 34.9. The van der Waals surface area contributed by atoms with Crippen molar-refractivity contribution in [1.29, 1.82) is 0 Å². The molecule has 9 heteroatoms. The maximum atomic E-state index is 13.4. The second kappa shape index (κ2) is 18.5. The van der Waals surface area contributed by atoms with Gasteiger partial charge in [-0.2, -0.15) is 0 Å². The average molecular weight is 664 g/mol. The molecule has 0 unspecified atom stereocenters. The summed E-state index contributed by atoms with van der Waals surface area (Å²) in [6.07, 6.45) is 19.9. The molecule has 1 amide bonds. The van der Waals surface area contributed by atoms with Gasteiger partial charge in [0.05, 0.1) is 12.5 Å². The van der Waals surface area contributed by atoms with Gasteiger partial charge in [-0.25, -0.2) is 4.79 Å². The Morgan fingerprint density at radius 2 is 1.79 bits per heavy atom. The Labute approximate surface area is 287 Å². The fourth-order valence-electron chi connectivity index (χ4n) is 6.87. The van der Waals surface area contributed by atoms with Crippen LogP contribution in [0.4, 0.5) is 4.79 Å². The molecule has 0 radical (unpaired) electrons. The second-order valence-corrected chi connectivity index (χ2v) is 14.1. The minimum Gasteiger partial charge on any atom is -0.457 e. The average Bonchev–Trinajstić information content (AvgIpc) is 3.37. The van der Waals surface area contributed by atoms with Crippen LogP contribution in [0.15, 0.2) is 72.5 Å². The van der Waals surface area contributed by atoms with Crippen LogP contribution in [0.5, 0.6) is 0 Å². The van der Waals surface area contributed by atoms with E-state index in [1.807, 2.05) is 62.4 Å². The fourth-order valence-corrected chi connectivity index (χ4v) is 6.87. The number of ether oxygens (including phenoxy) is 2. The van der Waals surface area contributed by atoms with E-state index in [1.54, 1.807) is 24.1 Å². The van der Waals surface area contributed by atoms with Crippen molar-refractivity contribution in [3.63, 3.8) is 0 Å². The van der Waals surface area contributed by atoms with E-state index in [0.717, 1.165) is 24.4 Å². The highest BCUT2D eigenvalue weighted by Crippen LogP contribution is 2.28. The first-order valence-corrected chi connectivity index (χ1v) is 17.9. The number of carbonyl (C=O) groups excluding carboxylic acids is 2. The first-order valence-electron chi connectivity index (χ1n) is 17.9. The van der Waals surface area contributed by atoms with Gasteiger partial charge in [0.25, 0.3) is 0 Å². The van der Waals surface area contributed by atoms with Gasteiger partial charge in [-0.15, -0.1) is 0 Å². The van der Waals surface area contributed by atoms with Gasteiger partial charge in [0.15, 0.2) is 6.10 Å². The molecule has 3 aliphatic rings. The molecule has 2 N–H and O–H groups in total. The SMILES string of the molecule is C\C(=C/C=C/C=C/[C@@H](C)c1ccccn1)[C@H]1OC(=O)C[C@H](O)CC[C@@](C)(O)[C@@H](OC(=O)N2CCN(C3CCCCCC3)CC2)/C=C\[C@@H]1C. The number of hydrogen-bond acceptors (Lipinski definition) is 8. The Bertz CT molecular complexity index is 1280. The molecular weight excluding hydrogens is 606 g/mol. The highest BCUT2D eigenvalue weighted by atomic mass is 16.6. The van der Waals surface area contributed by atoms with E-state index in [2.05, 4.69) is 22.9 Å². The molecule has 6 atom stereocenters. The number of cyclic esters (lactones) is 1. The molecular formula is C39H57N3O6. The largest absolute Gasteiger partial charge is 0.457 e. The predicted molar refractivity (Wildman–Crippen MR) is 188 cm³/mol. The Morgan fingerprint density at radius 1 is 1.06 bits per heavy atom. The van der Waals surface area contributed by atoms with Crippen molar-refractivity contribution in [3.8, 4) is 0 Å². The Kier molecular flexibility index (Phi) is 14.5. The van der Waals surface area contributed by atoms with Crippen molar-refractivity contribution in [3.05, 3.63) is 78.2 Å². The van der Waals surface area contributed by atoms with Gasteiger partial charge in [0.2, 0.25) is 0 Å². The highest BCUT2D eigenvalue weighted by Gasteiger charge is 2.37. The maximum absolute atomic E-state index is 13.4. The topological polar surface area (TPSA) is 112 Å². The van der Waals surface area contributed by atoms with Crippen LogP contribution < -0.4 is 0 Å². The molecule has 0 aromatic carbocycles. The molecule has 1 aromatic heterocycles. The van der Waals surface area contributed by atoms with Gasteiger partial charge in [0.1, 0.15) is 11.7 Å². The zero-order valence-electron chi connectivity index (χ0n) is 29.4. The van der Waals surface area contributed by atoms with E-state index in [0.29, 0.717) is 19.1 Å². The molecule has 1 saturated heterocycles. The summed E-state index contributed by atoms with van der Waals surface area (Å²) < 4.78 is 11.9. The van der Waals surface area contributed by atoms with Crippen molar-refractivity contribution < 1.29 is 29.3 Å². The number of carbonyl (C=O) groups is 2. The first kappa shape index (κ1) is 37.5. The Hall–Kier alpha value is -3.27. The van der Waals surface area contributed by atoms with Crippen LogP contribution in [0.2, 0.25) is 0 Å². The monoisotopic (exact) mass is 663 g/mol. The molecule has 9 nitrogen and oxygen atoms in total. The smallest absolute Gasteiger partial charge is 0.410 e. The van der Waals surface area contributed by atoms with Crippen LogP contribution in [0.3, 0.4) is 0 Å². The third-order valence-electron chi connectivity index (χ3n) is 10.0. The fraction of sp³-hybridized carbons (Fsp3) is 0.615. The number of esters is 1. The van der Waals surface area contributed by atoms with E-state index in [4.69, 9.17) is 9.47 Å². The number of aliphatic hydroxyl groups excluding tert-OH is 1. The summed E-state index contributed by atoms with van der Waals surface area (Å²) in [6, 6.07) is 6.47. The summed E-state index contributed by atoms with van der Waals surface area (Å²) >= 11 is 0. The summed E-state index contributed by atoms with van der Waals surface area (Å²) in [5.74, 6) is -0.630. The van der Waals surface area contributed by atoms with Crippen LogP contribution in [0.1, 0.15) is 97.1 Å². The zero-order valence-corrected chi connectivity index (χ0v) is 29.4. The lowest BCUT2D eigenvalue weighted by atomic mass is 9.89. The van der Waals surface area contributed by atoms with Crippen LogP contribution in [-0.2, 0) is 14.3 Å². The van der Waals surface area contributed by atoms with Crippen LogP contribution >= 0.6 is 0 Å². The lowest BCUT2D eigenvalue weighted by molar-refractivity contribution is -0.151. The molecule has 0 bridgehead atoms. The Balaban J connectivity index is 1.43. The van der Waals surface area contributed by atoms with Crippen LogP contribution in [0, 0.1) is 5.92 Å². The summed E-state index contributed by atoms with van der Waals surface area (Å²) in [7, 11) is 0. The number of aliphatic hydroxyl groups is 2. The van der Waals surface area contributed by atoms with Gasteiger partial charge < -0.3 is 24.6 Å². The molecule has 1 aromatic rings. The van der Waals surface area contributed by atoms with Crippen LogP contribution in [0.25, 0.3) is 0 Å². The Morgan fingerprint density at radius 3 is 2.48 bits per heavy atom. The second-order valence-electron chi connectivity index (χ2n) is 14.1. The molecule has 1 aliphatic carbocycles. The maximum Gasteiger partial charge on any atom is 0.410 e. The number of amides is 1. The molecule has 48 heavy (non-hydrogen) atoms. The number of piperazine rings is 1. The number of hydrogen-bond donors (Lipinski definition) is 2. The van der Waals surface area contributed by atoms with E-state index in [-0.39, 0.29) is 31.1 Å². The minimum atomic E-state index is -1.44. The first-order chi connectivity index (χ1) is 23.0. The van der Waals surface area contributed by atoms with Gasteiger partial charge >= 0.3 is 12.1 Å². The highest BCUT2D eigenvalue weighted by molar-refractivity contribution is 5.70. The summed E-state index contributed by atoms with van der Waals surface area (Å²) in [6.45, 7) is 10.4. The van der Waals surface area contributed by atoms with Gasteiger partial charge in [-0.05, 0) is 63.3 Å². The normalized spacial score (nSPS) is 30.7. The van der Waals surface area contributed by atoms with Crippen LogP contribution in [-0.4, -0.2) is 93.2 Å². The molecule has 0 spiro atoms. The third kappa shape index (κ3) is 11.4. The van der Waals surface area contributed by atoms with Gasteiger partial charge in [-0.3, -0.25) is 14.7 Å². The predicted octanol–water partition coefficient (Wildman–Crippen LogP) is 6.49. The number of pyridine rings is 1. The lowest BCUT2D eigenvalue weighted by Crippen LogP contribution is -2.53. The van der Waals surface area contributed by atoms with E-state index in [1.165, 1.54) is 38.5 Å². The van der Waals surface area contributed by atoms with Crippen molar-refractivity contribution in [2.45, 2.75) is 121 Å². The van der Waals surface area contributed by atoms with Crippen molar-refractivity contribution in [2.75, 3.05) is 26.2 Å². The van der Waals surface area contributed by atoms with E-state index < -0.39 is 36.0 Å². The summed E-state index contributed by atoms with van der Waals surface area (Å²) in [5, 5.41) is 22.2. The van der Waals surface area contributed by atoms with E-state index in [9.17, 15) is 19.8 Å². The molecule has 1 saturated carbocycles. The van der Waals surface area contributed by atoms with Gasteiger partial charge in [0, 0.05) is 55.9 Å². The molecule has 264 valence electrons. The minimum absolute atomic E-state index is 0.146. The molecule has 4 rings (SSSR count). The standard InChI is InChI=1S/C39H57N3O6/c1-29(34-18-12-13-23-40-34)14-8-7-9-15-30(2)37-31(3)19-20-35(39(4,46)22-21-33(43)28-36(44)48-37)47-38(45)42-26-24-41(25-27-42)32-16-10-5-6-11-17-32/h7-9,12-15,18-20,23,29,31-33,35,37,43,46H,5-6,10-11,16-17,21-22,24-28H2,1-4H3/b9-7+,14-8+,20-19-,30-15+/t29-,31+,33-,35+,37-,39-/m1/s1. The third-order valence-corrected chi connectivity index (χ3v) is 10.0. The van der Waals surface area contributed by atoms with Gasteiger partial charge in [-0.1, -0.05) is 82.1 Å². The molecule has 2 fully saturated rings. The molecule has 2 aliphatic heterocycles. The van der Waals surface area contributed by atoms with Crippen molar-refractivity contribution in [2.24, 2.45) is 5.92 Å².